The third-order valence-corrected chi connectivity index (χ3v) is 14.2. The summed E-state index contributed by atoms with van der Waals surface area (Å²) in [6.07, 6.45) is 0.278. The van der Waals surface area contributed by atoms with Crippen molar-refractivity contribution in [2.75, 3.05) is 33.1 Å². The third-order valence-electron chi connectivity index (χ3n) is 11.9. The van der Waals surface area contributed by atoms with Crippen molar-refractivity contribution in [3.63, 3.8) is 0 Å². The lowest BCUT2D eigenvalue weighted by molar-refractivity contribution is -0.140. The first-order valence-electron chi connectivity index (χ1n) is 21.0. The van der Waals surface area contributed by atoms with Gasteiger partial charge in [-0.2, -0.15) is 25.9 Å². The van der Waals surface area contributed by atoms with Gasteiger partial charge in [-0.1, -0.05) is 38.8 Å². The lowest BCUT2D eigenvalue weighted by atomic mass is 10.0. The molecule has 3 N–H and O–H groups in total. The second-order valence-corrected chi connectivity index (χ2v) is 19.7. The summed E-state index contributed by atoms with van der Waals surface area (Å²) in [5.74, 6) is -2.99. The number of rotatable bonds is 10. The predicted octanol–water partition coefficient (Wildman–Crippen LogP) is 7.10. The van der Waals surface area contributed by atoms with Crippen molar-refractivity contribution < 1.29 is 49.8 Å². The number of alkyl halides is 3. The van der Waals surface area contributed by atoms with Crippen molar-refractivity contribution in [2.24, 2.45) is 5.92 Å². The molecule has 2 aromatic heterocycles. The molecule has 7 rings (SSSR count). The van der Waals surface area contributed by atoms with E-state index in [2.05, 4.69) is 15.4 Å². The van der Waals surface area contributed by atoms with E-state index >= 15 is 0 Å². The summed E-state index contributed by atoms with van der Waals surface area (Å²) >= 11 is 1.42. The number of benzene rings is 2. The van der Waals surface area contributed by atoms with E-state index in [-0.39, 0.29) is 37.4 Å². The average molecular weight is 930 g/mol. The fourth-order valence-corrected chi connectivity index (χ4v) is 9.70. The number of carbonyl (C=O) groups excluding carboxylic acids is 3. The van der Waals surface area contributed by atoms with Crippen molar-refractivity contribution in [1.82, 2.24) is 29.2 Å². The van der Waals surface area contributed by atoms with Gasteiger partial charge in [0.25, 0.3) is 5.91 Å². The highest BCUT2D eigenvalue weighted by molar-refractivity contribution is 7.87. The Morgan fingerprint density at radius 1 is 1.08 bits per heavy atom. The molecule has 14 nitrogen and oxygen atoms in total. The quantitative estimate of drug-likeness (QED) is 0.110. The summed E-state index contributed by atoms with van der Waals surface area (Å²) in [6.45, 7) is 5.75. The van der Waals surface area contributed by atoms with E-state index < -0.39 is 75.1 Å². The van der Waals surface area contributed by atoms with Crippen LogP contribution in [0, 0.1) is 18.7 Å². The smallest absolute Gasteiger partial charge is 0.416 e. The van der Waals surface area contributed by atoms with E-state index in [0.29, 0.717) is 64.9 Å². The molecule has 1 saturated carbocycles. The molecule has 3 amide bonds. The molecule has 2 aliphatic heterocycles. The van der Waals surface area contributed by atoms with Crippen molar-refractivity contribution in [3.8, 4) is 22.2 Å². The molecule has 2 aromatic carbocycles. The number of halogens is 4. The number of methoxy groups -OCH3 is 1. The Labute approximate surface area is 373 Å². The number of hydrogen-bond acceptors (Lipinski definition) is 11. The van der Waals surface area contributed by atoms with E-state index in [9.17, 15) is 40.4 Å². The molecule has 3 aliphatic rings. The molecule has 64 heavy (non-hydrogen) atoms. The summed E-state index contributed by atoms with van der Waals surface area (Å²) < 4.78 is 97.0. The lowest BCUT2D eigenvalue weighted by Crippen LogP contribution is -2.58. The highest BCUT2D eigenvalue weighted by atomic mass is 32.2. The summed E-state index contributed by atoms with van der Waals surface area (Å²) in [7, 11) is -0.216. The first-order valence-corrected chi connectivity index (χ1v) is 23.3. The van der Waals surface area contributed by atoms with Crippen LogP contribution in [0.15, 0.2) is 53.9 Å². The average Bonchev–Trinajstić information content (AvgIpc) is 3.51. The summed E-state index contributed by atoms with van der Waals surface area (Å²) in [5.41, 5.74) is -0.494. The highest BCUT2D eigenvalue weighted by Crippen LogP contribution is 2.46. The van der Waals surface area contributed by atoms with Crippen LogP contribution in [0.2, 0.25) is 0 Å². The van der Waals surface area contributed by atoms with E-state index in [1.165, 1.54) is 30.3 Å². The molecule has 0 spiro atoms. The number of pyridine rings is 1. The molecule has 20 heteroatoms. The summed E-state index contributed by atoms with van der Waals surface area (Å²) in [4.78, 5) is 54.4. The second-order valence-electron chi connectivity index (χ2n) is 17.0. The van der Waals surface area contributed by atoms with E-state index in [4.69, 9.17) is 19.4 Å². The minimum absolute atomic E-state index is 0.0831. The second kappa shape index (κ2) is 18.3. The van der Waals surface area contributed by atoms with Crippen molar-refractivity contribution in [2.45, 2.75) is 102 Å². The van der Waals surface area contributed by atoms with Crippen molar-refractivity contribution in [3.05, 3.63) is 76.6 Å². The zero-order chi connectivity index (χ0) is 46.3. The number of allylic oxidation sites excluding steroid dienone is 1. The largest absolute Gasteiger partial charge is 0.496 e. The van der Waals surface area contributed by atoms with Gasteiger partial charge in [0.15, 0.2) is 0 Å². The molecule has 5 atom stereocenters. The van der Waals surface area contributed by atoms with Crippen molar-refractivity contribution >= 4 is 55.9 Å². The van der Waals surface area contributed by atoms with Gasteiger partial charge in [0.05, 0.1) is 30.4 Å². The van der Waals surface area contributed by atoms with Crippen molar-refractivity contribution in [1.29, 1.82) is 0 Å². The Hall–Kier alpha value is -5.34. The maximum absolute atomic E-state index is 14.9. The molecular weight excluding hydrogens is 879 g/mol. The Bertz CT molecular complexity index is 2590. The van der Waals surface area contributed by atoms with Crippen LogP contribution in [0.5, 0.6) is 11.5 Å². The van der Waals surface area contributed by atoms with E-state index in [1.807, 2.05) is 32.2 Å². The fraction of sp³-hybridized carbons (Fsp3) is 0.477. The van der Waals surface area contributed by atoms with Gasteiger partial charge in [-0.05, 0) is 68.9 Å². The topological polar surface area (TPSA) is 172 Å². The SMILES string of the molecule is COc1ccc2c(O[C@@H]3C[C@H]4C(=O)N[C@]5(C(=O)NS(=O)(=O)N(C)C)C[C@H]5C=CCCCCC[C@H](Nc5cc(F)cc(C(F)(F)F)c5)C(=O)N4C3)cc(-c3nc(C(C)C)cs3)nc2c1C. The van der Waals surface area contributed by atoms with E-state index in [1.54, 1.807) is 31.4 Å². The number of aryl methyl sites for hydroxylation is 1. The number of ether oxygens (including phenoxy) is 2. The van der Waals surface area contributed by atoms with Crippen LogP contribution in [0.4, 0.5) is 23.2 Å². The standard InChI is InChI=1S/C44H51F4N7O7S2/c1-24(2)34-23-63-40(51-34)33-20-37(31-14-15-36(61-6)25(3)38(31)50-33)62-30-19-35-39(56)52-43(42(58)53-64(59,60)54(4)5)21-26(43)12-10-8-7-9-11-13-32(41(57)55(35)22-30)49-29-17-27(44(46,47)48)16-28(45)18-29/h10,12,14-18,20,23-24,26,30,32,35,49H,7-9,11,13,19,21-22H2,1-6H3,(H,52,56)(H,53,58)/t26-,30-,32+,35+,43-/m1/s1. The normalized spacial score (nSPS) is 23.3. The molecule has 2 fully saturated rings. The first-order chi connectivity index (χ1) is 30.2. The maximum Gasteiger partial charge on any atom is 0.416 e. The zero-order valence-electron chi connectivity index (χ0n) is 36.2. The van der Waals surface area contributed by atoms with E-state index in [0.717, 1.165) is 27.7 Å². The number of aromatic nitrogens is 2. The maximum atomic E-state index is 14.9. The molecule has 344 valence electrons. The molecule has 1 saturated heterocycles. The van der Waals surface area contributed by atoms with Gasteiger partial charge in [-0.25, -0.2) is 19.1 Å². The lowest BCUT2D eigenvalue weighted by Gasteiger charge is -2.30. The van der Waals surface area contributed by atoms with Crippen LogP contribution < -0.4 is 24.8 Å². The van der Waals surface area contributed by atoms with Gasteiger partial charge in [0, 0.05) is 54.5 Å². The summed E-state index contributed by atoms with van der Waals surface area (Å²) in [6, 6.07) is 4.76. The first kappa shape index (κ1) is 46.6. The Morgan fingerprint density at radius 2 is 1.84 bits per heavy atom. The van der Waals surface area contributed by atoms with Gasteiger partial charge in [0.1, 0.15) is 51.7 Å². The van der Waals surface area contributed by atoms with Crippen LogP contribution in [0.25, 0.3) is 21.6 Å². The Morgan fingerprint density at radius 3 is 2.53 bits per heavy atom. The van der Waals surface area contributed by atoms with Gasteiger partial charge in [-0.3, -0.25) is 14.4 Å². The Balaban J connectivity index is 1.28. The summed E-state index contributed by atoms with van der Waals surface area (Å²) in [5, 5.41) is 8.85. The molecule has 0 bridgehead atoms. The molecule has 0 radical (unpaired) electrons. The van der Waals surface area contributed by atoms with Crippen LogP contribution >= 0.6 is 11.3 Å². The monoisotopic (exact) mass is 929 g/mol. The number of nitrogens with one attached hydrogen (secondary N) is 3. The molecule has 4 aromatic rings. The van der Waals surface area contributed by atoms with Crippen LogP contribution in [0.1, 0.15) is 81.5 Å². The highest BCUT2D eigenvalue weighted by Gasteiger charge is 2.62. The molecular formula is C44H51F4N7O7S2. The minimum Gasteiger partial charge on any atom is -0.496 e. The minimum atomic E-state index is -4.87. The van der Waals surface area contributed by atoms with Gasteiger partial charge in [0.2, 0.25) is 11.8 Å². The fourth-order valence-electron chi connectivity index (χ4n) is 8.16. The van der Waals surface area contributed by atoms with Crippen LogP contribution in [-0.4, -0.2) is 96.8 Å². The Kier molecular flexibility index (Phi) is 13.3. The number of amides is 3. The number of fused-ring (bicyclic) bond motifs is 3. The van der Waals surface area contributed by atoms with Crippen LogP contribution in [0.3, 0.4) is 0 Å². The number of nitrogens with zero attached hydrogens (tertiary/aromatic N) is 4. The van der Waals surface area contributed by atoms with Gasteiger partial charge in [-0.15, -0.1) is 11.3 Å². The number of hydrogen-bond donors (Lipinski definition) is 3. The zero-order valence-corrected chi connectivity index (χ0v) is 37.8. The van der Waals surface area contributed by atoms with Crippen LogP contribution in [-0.2, 0) is 30.8 Å². The predicted molar refractivity (Wildman–Crippen MR) is 234 cm³/mol. The molecule has 0 unspecified atom stereocenters. The number of anilines is 1. The number of carbonyl (C=O) groups is 3. The third kappa shape index (κ3) is 9.83. The number of thiazole rings is 1. The van der Waals surface area contributed by atoms with Gasteiger partial charge >= 0.3 is 16.4 Å². The molecule has 1 aliphatic carbocycles. The molecule has 4 heterocycles. The van der Waals surface area contributed by atoms with Gasteiger partial charge < -0.3 is 25.0 Å².